The predicted molar refractivity (Wildman–Crippen MR) is 145 cm³/mol. The molecule has 1 amide bonds. The average Bonchev–Trinajstić information content (AvgIpc) is 2.90. The Morgan fingerprint density at radius 3 is 2.44 bits per heavy atom. The lowest BCUT2D eigenvalue weighted by molar-refractivity contribution is 0.102. The fourth-order valence-corrected chi connectivity index (χ4v) is 5.20. The molecule has 0 radical (unpaired) electrons. The topological polar surface area (TPSA) is 67.2 Å². The molecular weight excluding hydrogens is 448 g/mol. The van der Waals surface area contributed by atoms with E-state index in [9.17, 15) is 9.59 Å². The molecule has 0 bridgehead atoms. The maximum Gasteiger partial charge on any atom is 0.265 e. The predicted octanol–water partition coefficient (Wildman–Crippen LogP) is 5.71. The Hall–Kier alpha value is -3.77. The fourth-order valence-electron chi connectivity index (χ4n) is 5.20. The van der Waals surface area contributed by atoms with Gasteiger partial charge in [0.15, 0.2) is 0 Å². The second-order valence-electron chi connectivity index (χ2n) is 9.68. The Kier molecular flexibility index (Phi) is 6.96. The van der Waals surface area contributed by atoms with Crippen LogP contribution in [0.15, 0.2) is 77.6 Å². The lowest BCUT2D eigenvalue weighted by Gasteiger charge is -2.31. The molecule has 1 aromatic heterocycles. The number of nitrogens with one attached hydrogen (secondary N) is 1. The van der Waals surface area contributed by atoms with Crippen molar-refractivity contribution in [3.63, 3.8) is 0 Å². The zero-order valence-corrected chi connectivity index (χ0v) is 20.9. The quantitative estimate of drug-likeness (QED) is 0.384. The lowest BCUT2D eigenvalue weighted by atomic mass is 9.94. The van der Waals surface area contributed by atoms with Crippen molar-refractivity contribution in [1.82, 2.24) is 14.5 Å². The third-order valence-electron chi connectivity index (χ3n) is 7.21. The molecule has 0 atom stereocenters. The highest BCUT2D eigenvalue weighted by atomic mass is 16.1. The Bertz CT molecular complexity index is 1440. The SMILES string of the molecule is Cc1nc2ccccc2c(=O)n1-c1ccc(C(=O)Nc2ccccc2CN(C)C2CCCCC2)cc1. The van der Waals surface area contributed by atoms with Crippen molar-refractivity contribution in [3.05, 3.63) is 100 Å². The van der Waals surface area contributed by atoms with Gasteiger partial charge in [-0.25, -0.2) is 4.98 Å². The number of nitrogens with zero attached hydrogens (tertiary/aromatic N) is 3. The van der Waals surface area contributed by atoms with Crippen LogP contribution < -0.4 is 10.9 Å². The van der Waals surface area contributed by atoms with E-state index in [1.807, 2.05) is 43.3 Å². The third kappa shape index (κ3) is 4.95. The van der Waals surface area contributed by atoms with Gasteiger partial charge < -0.3 is 5.32 Å². The van der Waals surface area contributed by atoms with Crippen LogP contribution in [0.4, 0.5) is 5.69 Å². The van der Waals surface area contributed by atoms with Crippen LogP contribution in [0, 0.1) is 6.92 Å². The first-order valence-corrected chi connectivity index (χ1v) is 12.7. The third-order valence-corrected chi connectivity index (χ3v) is 7.21. The van der Waals surface area contributed by atoms with Gasteiger partial charge in [-0.3, -0.25) is 19.1 Å². The summed E-state index contributed by atoms with van der Waals surface area (Å²) in [5, 5.41) is 3.66. The van der Waals surface area contributed by atoms with Gasteiger partial charge in [0.2, 0.25) is 0 Å². The first-order valence-electron chi connectivity index (χ1n) is 12.7. The van der Waals surface area contributed by atoms with Crippen LogP contribution in [0.3, 0.4) is 0 Å². The van der Waals surface area contributed by atoms with Gasteiger partial charge >= 0.3 is 0 Å². The van der Waals surface area contributed by atoms with Crippen molar-refractivity contribution in [2.45, 2.75) is 51.6 Å². The van der Waals surface area contributed by atoms with E-state index in [0.29, 0.717) is 34.0 Å². The second-order valence-corrected chi connectivity index (χ2v) is 9.68. The number of rotatable bonds is 6. The molecule has 1 saturated carbocycles. The molecule has 3 aromatic carbocycles. The van der Waals surface area contributed by atoms with Crippen molar-refractivity contribution >= 4 is 22.5 Å². The number of fused-ring (bicyclic) bond motifs is 1. The van der Waals surface area contributed by atoms with Crippen molar-refractivity contribution in [2.24, 2.45) is 0 Å². The molecule has 5 rings (SSSR count). The van der Waals surface area contributed by atoms with E-state index in [-0.39, 0.29) is 11.5 Å². The monoisotopic (exact) mass is 480 g/mol. The Labute approximate surface area is 211 Å². The molecule has 1 aliphatic carbocycles. The minimum Gasteiger partial charge on any atom is -0.322 e. The Morgan fingerprint density at radius 2 is 1.67 bits per heavy atom. The van der Waals surface area contributed by atoms with Crippen molar-refractivity contribution < 1.29 is 4.79 Å². The summed E-state index contributed by atoms with van der Waals surface area (Å²) < 4.78 is 1.58. The van der Waals surface area contributed by atoms with Gasteiger partial charge in [0.25, 0.3) is 11.5 Å². The second kappa shape index (κ2) is 10.5. The van der Waals surface area contributed by atoms with Gasteiger partial charge in [0, 0.05) is 23.8 Å². The molecule has 6 heteroatoms. The molecule has 6 nitrogen and oxygen atoms in total. The number of hydrogen-bond donors (Lipinski definition) is 1. The molecule has 1 heterocycles. The highest BCUT2D eigenvalue weighted by molar-refractivity contribution is 6.04. The van der Waals surface area contributed by atoms with Crippen molar-refractivity contribution in [3.8, 4) is 5.69 Å². The van der Waals surface area contributed by atoms with Crippen molar-refractivity contribution in [1.29, 1.82) is 0 Å². The first kappa shape index (κ1) is 23.9. The summed E-state index contributed by atoms with van der Waals surface area (Å²) in [6.07, 6.45) is 6.41. The van der Waals surface area contributed by atoms with E-state index in [2.05, 4.69) is 28.3 Å². The van der Waals surface area contributed by atoms with E-state index >= 15 is 0 Å². The summed E-state index contributed by atoms with van der Waals surface area (Å²) >= 11 is 0. The van der Waals surface area contributed by atoms with Crippen molar-refractivity contribution in [2.75, 3.05) is 12.4 Å². The zero-order valence-electron chi connectivity index (χ0n) is 20.9. The number of para-hydroxylation sites is 2. The Balaban J connectivity index is 1.34. The minimum atomic E-state index is -0.171. The summed E-state index contributed by atoms with van der Waals surface area (Å²) in [7, 11) is 2.18. The van der Waals surface area contributed by atoms with Crippen LogP contribution in [0.2, 0.25) is 0 Å². The van der Waals surface area contributed by atoms with Crippen LogP contribution in [0.25, 0.3) is 16.6 Å². The summed E-state index contributed by atoms with van der Waals surface area (Å²) in [4.78, 5) is 33.2. The van der Waals surface area contributed by atoms with Crippen LogP contribution in [-0.2, 0) is 6.54 Å². The molecule has 0 saturated heterocycles. The minimum absolute atomic E-state index is 0.119. The summed E-state index contributed by atoms with van der Waals surface area (Å²) in [6.45, 7) is 2.62. The molecule has 0 unspecified atom stereocenters. The normalized spacial score (nSPS) is 14.3. The van der Waals surface area contributed by atoms with E-state index in [0.717, 1.165) is 17.8 Å². The van der Waals surface area contributed by atoms with Crippen LogP contribution in [-0.4, -0.2) is 33.4 Å². The molecule has 36 heavy (non-hydrogen) atoms. The Morgan fingerprint density at radius 1 is 0.972 bits per heavy atom. The molecule has 1 N–H and O–H groups in total. The standard InChI is InChI=1S/C30H32N4O2/c1-21-31-28-15-9-7-13-26(28)30(36)34(21)25-18-16-22(17-19-25)29(35)32-27-14-8-6-10-23(27)20-33(2)24-11-4-3-5-12-24/h6-10,13-19,24H,3-5,11-12,20H2,1-2H3,(H,32,35). The highest BCUT2D eigenvalue weighted by Gasteiger charge is 2.19. The molecule has 1 aliphatic rings. The molecule has 1 fully saturated rings. The number of benzene rings is 3. The van der Waals surface area contributed by atoms with Gasteiger partial charge in [0.1, 0.15) is 5.82 Å². The number of hydrogen-bond acceptors (Lipinski definition) is 4. The number of carbonyl (C=O) groups is 1. The number of anilines is 1. The molecule has 0 spiro atoms. The van der Waals surface area contributed by atoms with Gasteiger partial charge in [-0.2, -0.15) is 0 Å². The van der Waals surface area contributed by atoms with Crippen LogP contribution in [0.5, 0.6) is 0 Å². The van der Waals surface area contributed by atoms with Gasteiger partial charge in [-0.05, 0) is 74.8 Å². The largest absolute Gasteiger partial charge is 0.322 e. The number of aromatic nitrogens is 2. The van der Waals surface area contributed by atoms with Gasteiger partial charge in [0.05, 0.1) is 16.6 Å². The maximum atomic E-state index is 13.1. The zero-order chi connectivity index (χ0) is 25.1. The molecule has 4 aromatic rings. The lowest BCUT2D eigenvalue weighted by Crippen LogP contribution is -2.33. The molecule has 184 valence electrons. The summed E-state index contributed by atoms with van der Waals surface area (Å²) in [5.41, 5.74) is 3.72. The van der Waals surface area contributed by atoms with Crippen LogP contribution >= 0.6 is 0 Å². The van der Waals surface area contributed by atoms with E-state index in [4.69, 9.17) is 0 Å². The van der Waals surface area contributed by atoms with Gasteiger partial charge in [-0.15, -0.1) is 0 Å². The summed E-state index contributed by atoms with van der Waals surface area (Å²) in [5.74, 6) is 0.432. The van der Waals surface area contributed by atoms with E-state index in [1.165, 1.54) is 32.1 Å². The molecule has 0 aliphatic heterocycles. The first-order chi connectivity index (χ1) is 17.5. The number of aryl methyl sites for hydroxylation is 1. The number of amides is 1. The van der Waals surface area contributed by atoms with Gasteiger partial charge in [-0.1, -0.05) is 49.6 Å². The number of carbonyl (C=O) groups excluding carboxylic acids is 1. The maximum absolute atomic E-state index is 13.1. The molecular formula is C30H32N4O2. The van der Waals surface area contributed by atoms with Crippen LogP contribution in [0.1, 0.15) is 53.8 Å². The smallest absolute Gasteiger partial charge is 0.265 e. The fraction of sp³-hybridized carbons (Fsp3) is 0.300. The van der Waals surface area contributed by atoms with E-state index in [1.54, 1.807) is 34.9 Å². The highest BCUT2D eigenvalue weighted by Crippen LogP contribution is 2.25. The van der Waals surface area contributed by atoms with E-state index < -0.39 is 0 Å². The average molecular weight is 481 g/mol. The summed E-state index contributed by atoms with van der Waals surface area (Å²) in [6, 6.07) is 23.0.